The topological polar surface area (TPSA) is 98.5 Å². The van der Waals surface area contributed by atoms with E-state index in [1.54, 1.807) is 35.8 Å². The van der Waals surface area contributed by atoms with Gasteiger partial charge in [-0.3, -0.25) is 9.59 Å². The molecular weight excluding hydrogens is 480 g/mol. The molecule has 1 N–H and O–H groups in total. The van der Waals surface area contributed by atoms with Crippen LogP contribution in [0.2, 0.25) is 0 Å². The number of hydrogen-bond donors (Lipinski definition) is 1. The molecule has 0 bridgehead atoms. The molecule has 0 radical (unpaired) electrons. The zero-order chi connectivity index (χ0) is 26.6. The number of pyridine rings is 2. The van der Waals surface area contributed by atoms with E-state index in [2.05, 4.69) is 6.92 Å². The maximum atomic E-state index is 13.5. The normalized spacial score (nSPS) is 17.8. The molecular formula is C31H26N2O5. The number of esters is 1. The first-order valence-electron chi connectivity index (χ1n) is 12.8. The highest BCUT2D eigenvalue weighted by Crippen LogP contribution is 2.41. The second kappa shape index (κ2) is 8.89. The van der Waals surface area contributed by atoms with E-state index >= 15 is 0 Å². The number of ether oxygens (including phenoxy) is 1. The summed E-state index contributed by atoms with van der Waals surface area (Å²) in [7, 11) is 0. The summed E-state index contributed by atoms with van der Waals surface area (Å²) in [4.78, 5) is 43.7. The van der Waals surface area contributed by atoms with Gasteiger partial charge in [-0.25, -0.2) is 9.78 Å². The highest BCUT2D eigenvalue weighted by Gasteiger charge is 2.45. The summed E-state index contributed by atoms with van der Waals surface area (Å²) in [5.41, 5.74) is 3.95. The molecule has 2 aliphatic heterocycles. The van der Waals surface area contributed by atoms with E-state index < -0.39 is 11.6 Å². The molecule has 6 rings (SSSR count). The van der Waals surface area contributed by atoms with Crippen molar-refractivity contribution in [1.29, 1.82) is 0 Å². The van der Waals surface area contributed by atoms with Gasteiger partial charge in [0.15, 0.2) is 11.4 Å². The first-order chi connectivity index (χ1) is 18.4. The second-order valence-electron chi connectivity index (χ2n) is 9.68. The largest absolute Gasteiger partial charge is 0.458 e. The van der Waals surface area contributed by atoms with Crippen LogP contribution in [0.1, 0.15) is 58.4 Å². The summed E-state index contributed by atoms with van der Waals surface area (Å²) in [6, 6.07) is 16.6. The summed E-state index contributed by atoms with van der Waals surface area (Å²) in [5.74, 6) is -0.822. The lowest BCUT2D eigenvalue weighted by Gasteiger charge is -2.31. The molecule has 190 valence electrons. The van der Waals surface area contributed by atoms with Crippen molar-refractivity contribution < 1.29 is 19.4 Å². The molecule has 0 spiro atoms. The SMILES string of the molecule is CCc1c2c(nc3cccc(C=CC(=O)c4ccccc4)c13)-c1cc3c(c(=O)n1C2)COC(=O)[C@]3(O)CC. The molecule has 2 aromatic carbocycles. The minimum atomic E-state index is -1.86. The third-order valence-electron chi connectivity index (χ3n) is 7.69. The lowest BCUT2D eigenvalue weighted by atomic mass is 9.86. The molecule has 0 unspecified atom stereocenters. The van der Waals surface area contributed by atoms with Crippen LogP contribution in [0.25, 0.3) is 28.4 Å². The maximum absolute atomic E-state index is 13.5. The van der Waals surface area contributed by atoms with E-state index in [-0.39, 0.29) is 24.4 Å². The monoisotopic (exact) mass is 506 g/mol. The average molecular weight is 507 g/mol. The summed E-state index contributed by atoms with van der Waals surface area (Å²) < 4.78 is 6.83. The Balaban J connectivity index is 1.52. The van der Waals surface area contributed by atoms with Crippen LogP contribution in [-0.2, 0) is 34.7 Å². The Morgan fingerprint density at radius 2 is 1.89 bits per heavy atom. The van der Waals surface area contributed by atoms with Crippen LogP contribution in [0.5, 0.6) is 0 Å². The van der Waals surface area contributed by atoms with E-state index in [9.17, 15) is 19.5 Å². The van der Waals surface area contributed by atoms with Crippen LogP contribution >= 0.6 is 0 Å². The third kappa shape index (κ3) is 3.46. The fourth-order valence-electron chi connectivity index (χ4n) is 5.65. The van der Waals surface area contributed by atoms with Crippen LogP contribution in [0.3, 0.4) is 0 Å². The predicted molar refractivity (Wildman–Crippen MR) is 144 cm³/mol. The van der Waals surface area contributed by atoms with Gasteiger partial charge in [0.1, 0.15) is 6.61 Å². The molecule has 0 saturated carbocycles. The Morgan fingerprint density at radius 1 is 1.11 bits per heavy atom. The number of carbonyl (C=O) groups excluding carboxylic acids is 2. The second-order valence-corrected chi connectivity index (χ2v) is 9.68. The number of fused-ring (bicyclic) bond motifs is 5. The first kappa shape index (κ1) is 24.0. The fourth-order valence-corrected chi connectivity index (χ4v) is 5.65. The van der Waals surface area contributed by atoms with Crippen molar-refractivity contribution in [2.75, 3.05) is 0 Å². The van der Waals surface area contributed by atoms with E-state index in [4.69, 9.17) is 9.72 Å². The molecule has 2 aromatic heterocycles. The number of carbonyl (C=O) groups is 2. The van der Waals surface area contributed by atoms with Gasteiger partial charge in [0.25, 0.3) is 5.56 Å². The molecule has 7 heteroatoms. The zero-order valence-corrected chi connectivity index (χ0v) is 21.2. The van der Waals surface area contributed by atoms with Gasteiger partial charge in [-0.2, -0.15) is 0 Å². The molecule has 38 heavy (non-hydrogen) atoms. The molecule has 0 amide bonds. The molecule has 7 nitrogen and oxygen atoms in total. The maximum Gasteiger partial charge on any atom is 0.343 e. The van der Waals surface area contributed by atoms with Crippen LogP contribution in [-0.4, -0.2) is 26.4 Å². The Morgan fingerprint density at radius 3 is 2.63 bits per heavy atom. The Labute approximate surface area is 219 Å². The molecule has 0 aliphatic carbocycles. The van der Waals surface area contributed by atoms with E-state index in [1.165, 1.54) is 0 Å². The number of aryl methyl sites for hydroxylation is 1. The zero-order valence-electron chi connectivity index (χ0n) is 21.2. The number of allylic oxidation sites excluding steroid dienone is 1. The van der Waals surface area contributed by atoms with Crippen LogP contribution in [0.4, 0.5) is 0 Å². The minimum Gasteiger partial charge on any atom is -0.458 e. The summed E-state index contributed by atoms with van der Waals surface area (Å²) in [6.07, 6.45) is 4.19. The number of nitrogens with zero attached hydrogens (tertiary/aromatic N) is 2. The van der Waals surface area contributed by atoms with E-state index in [0.717, 1.165) is 27.6 Å². The highest BCUT2D eigenvalue weighted by molar-refractivity contribution is 6.08. The van der Waals surface area contributed by atoms with Crippen molar-refractivity contribution in [2.45, 2.75) is 45.4 Å². The van der Waals surface area contributed by atoms with Gasteiger partial charge in [-0.15, -0.1) is 0 Å². The van der Waals surface area contributed by atoms with E-state index in [0.29, 0.717) is 41.0 Å². The van der Waals surface area contributed by atoms with Crippen molar-refractivity contribution in [1.82, 2.24) is 9.55 Å². The quantitative estimate of drug-likeness (QED) is 0.214. The van der Waals surface area contributed by atoms with Crippen molar-refractivity contribution in [3.05, 3.63) is 104 Å². The van der Waals surface area contributed by atoms with Gasteiger partial charge in [0, 0.05) is 22.1 Å². The predicted octanol–water partition coefficient (Wildman–Crippen LogP) is 4.54. The molecule has 0 saturated heterocycles. The van der Waals surface area contributed by atoms with Crippen molar-refractivity contribution in [3.8, 4) is 11.4 Å². The summed E-state index contributed by atoms with van der Waals surface area (Å²) in [6.45, 7) is 3.92. The van der Waals surface area contributed by atoms with Crippen LogP contribution < -0.4 is 5.56 Å². The molecule has 1 atom stereocenters. The standard InChI is InChI=1S/C31H26N2O5/c1-3-20-21-16-33-25(15-23-22(29(33)35)17-38-30(36)31(23,37)4-2)28(21)32-24-12-8-11-19(27(20)24)13-14-26(34)18-9-6-5-7-10-18/h5-15,37H,3-4,16-17H2,1-2H3/t31-/m0/s1. The third-order valence-corrected chi connectivity index (χ3v) is 7.69. The Hall–Kier alpha value is -4.36. The Kier molecular flexibility index (Phi) is 5.61. The first-order valence-corrected chi connectivity index (χ1v) is 12.8. The van der Waals surface area contributed by atoms with Gasteiger partial charge in [0.2, 0.25) is 0 Å². The number of ketones is 1. The number of rotatable bonds is 5. The van der Waals surface area contributed by atoms with E-state index in [1.807, 2.05) is 42.5 Å². The number of benzene rings is 2. The number of cyclic esters (lactones) is 1. The molecule has 2 aliphatic rings. The highest BCUT2D eigenvalue weighted by atomic mass is 16.6. The molecule has 4 aromatic rings. The number of hydrogen-bond acceptors (Lipinski definition) is 6. The Bertz CT molecular complexity index is 1740. The van der Waals surface area contributed by atoms with Crippen molar-refractivity contribution in [3.63, 3.8) is 0 Å². The van der Waals surface area contributed by atoms with Crippen molar-refractivity contribution >= 4 is 28.7 Å². The smallest absolute Gasteiger partial charge is 0.343 e. The van der Waals surface area contributed by atoms with Crippen LogP contribution in [0.15, 0.2) is 65.5 Å². The minimum absolute atomic E-state index is 0.0838. The molecule has 0 fully saturated rings. The van der Waals surface area contributed by atoms with Gasteiger partial charge < -0.3 is 14.4 Å². The van der Waals surface area contributed by atoms with Gasteiger partial charge in [0.05, 0.1) is 29.0 Å². The lowest BCUT2D eigenvalue weighted by Crippen LogP contribution is -2.44. The van der Waals surface area contributed by atoms with Gasteiger partial charge in [-0.05, 0) is 42.2 Å². The fraction of sp³-hybridized carbons (Fsp3) is 0.226. The molecule has 4 heterocycles. The number of aliphatic hydroxyl groups is 1. The lowest BCUT2D eigenvalue weighted by molar-refractivity contribution is -0.172. The van der Waals surface area contributed by atoms with Crippen molar-refractivity contribution in [2.24, 2.45) is 0 Å². The summed E-state index contributed by atoms with van der Waals surface area (Å²) in [5, 5.41) is 12.1. The van der Waals surface area contributed by atoms with Gasteiger partial charge >= 0.3 is 5.97 Å². The van der Waals surface area contributed by atoms with Gasteiger partial charge in [-0.1, -0.05) is 62.4 Å². The van der Waals surface area contributed by atoms with Crippen LogP contribution in [0, 0.1) is 0 Å². The summed E-state index contributed by atoms with van der Waals surface area (Å²) >= 11 is 0. The number of aromatic nitrogens is 2. The average Bonchev–Trinajstić information content (AvgIpc) is 3.31.